The Bertz CT molecular complexity index is 127. The Balaban J connectivity index is 0. The van der Waals surface area contributed by atoms with E-state index in [0.717, 1.165) is 32.5 Å². The van der Waals surface area contributed by atoms with E-state index < -0.39 is 5.97 Å². The molecule has 0 spiro atoms. The summed E-state index contributed by atoms with van der Waals surface area (Å²) in [5, 5.41) is 8.38. The van der Waals surface area contributed by atoms with Crippen molar-refractivity contribution in [1.29, 1.82) is 0 Å². The van der Waals surface area contributed by atoms with Gasteiger partial charge in [0.05, 0.1) is 0 Å². The van der Waals surface area contributed by atoms with Crippen molar-refractivity contribution in [1.82, 2.24) is 4.90 Å². The molecule has 0 unspecified atom stereocenters. The third kappa shape index (κ3) is 9.64. The molecule has 13 heavy (non-hydrogen) atoms. The largest absolute Gasteiger partial charge is 0.481 e. The summed E-state index contributed by atoms with van der Waals surface area (Å²) >= 11 is 0. The van der Waals surface area contributed by atoms with Gasteiger partial charge in [0, 0.05) is 6.42 Å². The third-order valence-electron chi connectivity index (χ3n) is 2.01. The molecule has 0 aromatic rings. The van der Waals surface area contributed by atoms with E-state index in [0.29, 0.717) is 6.42 Å². The Kier molecular flexibility index (Phi) is 11.5. The van der Waals surface area contributed by atoms with E-state index in [4.69, 9.17) is 5.11 Å². The Hall–Kier alpha value is -0.280. The highest BCUT2D eigenvalue weighted by atomic mass is 35.5. The quantitative estimate of drug-likeness (QED) is 0.653. The lowest BCUT2D eigenvalue weighted by molar-refractivity contribution is -0.137. The van der Waals surface area contributed by atoms with Crippen LogP contribution < -0.4 is 0 Å². The van der Waals surface area contributed by atoms with Crippen LogP contribution in [0, 0.1) is 0 Å². The highest BCUT2D eigenvalue weighted by Crippen LogP contribution is 1.98. The van der Waals surface area contributed by atoms with Gasteiger partial charge in [-0.25, -0.2) is 0 Å². The van der Waals surface area contributed by atoms with E-state index in [2.05, 4.69) is 18.7 Å². The van der Waals surface area contributed by atoms with E-state index in [1.165, 1.54) is 0 Å². The molecule has 0 heterocycles. The lowest BCUT2D eigenvalue weighted by Crippen LogP contribution is -2.23. The second-order valence-corrected chi connectivity index (χ2v) is 2.88. The summed E-state index contributed by atoms with van der Waals surface area (Å²) in [6.45, 7) is 7.40. The van der Waals surface area contributed by atoms with Crippen molar-refractivity contribution in [2.45, 2.75) is 33.1 Å². The number of nitrogens with zero attached hydrogens (tertiary/aromatic N) is 1. The number of carbonyl (C=O) groups is 1. The van der Waals surface area contributed by atoms with Crippen molar-refractivity contribution < 1.29 is 9.90 Å². The lowest BCUT2D eigenvalue weighted by atomic mass is 10.2. The van der Waals surface area contributed by atoms with Crippen LogP contribution in [0.2, 0.25) is 0 Å². The monoisotopic (exact) mass is 209 g/mol. The Morgan fingerprint density at radius 3 is 2.15 bits per heavy atom. The zero-order valence-corrected chi connectivity index (χ0v) is 9.27. The fourth-order valence-electron chi connectivity index (χ4n) is 1.15. The van der Waals surface area contributed by atoms with Crippen LogP contribution in [0.3, 0.4) is 0 Å². The van der Waals surface area contributed by atoms with Crippen LogP contribution in [0.4, 0.5) is 0 Å². The smallest absolute Gasteiger partial charge is 0.303 e. The number of carboxylic acids is 1. The normalized spacial score (nSPS) is 9.77. The molecule has 0 bridgehead atoms. The molecule has 0 aromatic heterocycles. The summed E-state index contributed by atoms with van der Waals surface area (Å²) in [7, 11) is 0. The van der Waals surface area contributed by atoms with Crippen LogP contribution in [0.25, 0.3) is 0 Å². The summed E-state index contributed by atoms with van der Waals surface area (Å²) in [6.07, 6.45) is 2.10. The first-order chi connectivity index (χ1) is 5.70. The Morgan fingerprint density at radius 2 is 1.77 bits per heavy atom. The fourth-order valence-corrected chi connectivity index (χ4v) is 1.15. The standard InChI is InChI=1S/C9H19NO2.ClH/c1-3-10(4-2)8-6-5-7-9(11)12;/h3-8H2,1-2H3,(H,11,12);1H. The summed E-state index contributed by atoms with van der Waals surface area (Å²) < 4.78 is 0. The second-order valence-electron chi connectivity index (χ2n) is 2.88. The predicted molar refractivity (Wildman–Crippen MR) is 56.5 cm³/mol. The van der Waals surface area contributed by atoms with E-state index in [-0.39, 0.29) is 12.4 Å². The van der Waals surface area contributed by atoms with E-state index >= 15 is 0 Å². The lowest BCUT2D eigenvalue weighted by Gasteiger charge is -2.16. The zero-order valence-electron chi connectivity index (χ0n) is 8.45. The highest BCUT2D eigenvalue weighted by Gasteiger charge is 2.00. The SMILES string of the molecule is CCN(CC)CCCCC(=O)O.Cl. The number of rotatable bonds is 7. The predicted octanol–water partition coefficient (Wildman–Crippen LogP) is 2.00. The summed E-state index contributed by atoms with van der Waals surface area (Å²) in [4.78, 5) is 12.5. The minimum Gasteiger partial charge on any atom is -0.481 e. The van der Waals surface area contributed by atoms with Gasteiger partial charge in [-0.2, -0.15) is 0 Å². The van der Waals surface area contributed by atoms with Gasteiger partial charge in [0.2, 0.25) is 0 Å². The van der Waals surface area contributed by atoms with Crippen molar-refractivity contribution in [3.05, 3.63) is 0 Å². The van der Waals surface area contributed by atoms with Gasteiger partial charge in [-0.05, 0) is 32.5 Å². The maximum Gasteiger partial charge on any atom is 0.303 e. The number of hydrogen-bond acceptors (Lipinski definition) is 2. The number of hydrogen-bond donors (Lipinski definition) is 1. The van der Waals surface area contributed by atoms with Gasteiger partial charge in [0.15, 0.2) is 0 Å². The van der Waals surface area contributed by atoms with E-state index in [1.807, 2.05) is 0 Å². The van der Waals surface area contributed by atoms with Crippen molar-refractivity contribution in [3.8, 4) is 0 Å². The van der Waals surface area contributed by atoms with Crippen molar-refractivity contribution in [2.75, 3.05) is 19.6 Å². The van der Waals surface area contributed by atoms with Gasteiger partial charge >= 0.3 is 5.97 Å². The first-order valence-corrected chi connectivity index (χ1v) is 4.64. The first-order valence-electron chi connectivity index (χ1n) is 4.64. The average molecular weight is 210 g/mol. The van der Waals surface area contributed by atoms with Crippen molar-refractivity contribution in [2.24, 2.45) is 0 Å². The summed E-state index contributed by atoms with van der Waals surface area (Å²) in [5.74, 6) is -0.686. The molecule has 0 atom stereocenters. The minimum absolute atomic E-state index is 0. The van der Waals surface area contributed by atoms with Crippen LogP contribution in [0.1, 0.15) is 33.1 Å². The molecule has 3 nitrogen and oxygen atoms in total. The highest BCUT2D eigenvalue weighted by molar-refractivity contribution is 5.85. The van der Waals surface area contributed by atoms with Gasteiger partial charge in [-0.3, -0.25) is 4.79 Å². The molecule has 4 heteroatoms. The second kappa shape index (κ2) is 9.81. The van der Waals surface area contributed by atoms with Gasteiger partial charge in [-0.1, -0.05) is 13.8 Å². The Labute approximate surface area is 86.5 Å². The maximum absolute atomic E-state index is 10.2. The molecule has 0 aliphatic heterocycles. The molecule has 0 rings (SSSR count). The number of halogens is 1. The van der Waals surface area contributed by atoms with E-state index in [1.54, 1.807) is 0 Å². The van der Waals surface area contributed by atoms with Gasteiger partial charge in [0.1, 0.15) is 0 Å². The van der Waals surface area contributed by atoms with Crippen LogP contribution in [-0.4, -0.2) is 35.6 Å². The maximum atomic E-state index is 10.2. The summed E-state index contributed by atoms with van der Waals surface area (Å²) in [6, 6.07) is 0. The molecule has 0 aliphatic carbocycles. The first kappa shape index (κ1) is 15.2. The van der Waals surface area contributed by atoms with Crippen LogP contribution in [0.5, 0.6) is 0 Å². The molecule has 80 valence electrons. The van der Waals surface area contributed by atoms with Crippen molar-refractivity contribution in [3.63, 3.8) is 0 Å². The fraction of sp³-hybridized carbons (Fsp3) is 0.889. The number of carboxylic acid groups (broad SMARTS) is 1. The molecule has 0 radical (unpaired) electrons. The number of aliphatic carboxylic acids is 1. The molecular formula is C9H20ClNO2. The molecule has 0 aliphatic rings. The molecule has 0 saturated carbocycles. The molecule has 0 amide bonds. The minimum atomic E-state index is -0.686. The third-order valence-corrected chi connectivity index (χ3v) is 2.01. The topological polar surface area (TPSA) is 40.5 Å². The van der Waals surface area contributed by atoms with Crippen LogP contribution >= 0.6 is 12.4 Å². The van der Waals surface area contributed by atoms with Gasteiger partial charge in [-0.15, -0.1) is 12.4 Å². The molecule has 0 aromatic carbocycles. The Morgan fingerprint density at radius 1 is 1.23 bits per heavy atom. The average Bonchev–Trinajstić information content (AvgIpc) is 2.04. The number of unbranched alkanes of at least 4 members (excludes halogenated alkanes) is 1. The zero-order chi connectivity index (χ0) is 9.40. The molecule has 0 saturated heterocycles. The van der Waals surface area contributed by atoms with Crippen LogP contribution in [-0.2, 0) is 4.79 Å². The van der Waals surface area contributed by atoms with E-state index in [9.17, 15) is 4.79 Å². The van der Waals surface area contributed by atoms with Gasteiger partial charge < -0.3 is 10.0 Å². The van der Waals surface area contributed by atoms with Crippen molar-refractivity contribution >= 4 is 18.4 Å². The van der Waals surface area contributed by atoms with Crippen LogP contribution in [0.15, 0.2) is 0 Å². The molecular weight excluding hydrogens is 190 g/mol. The van der Waals surface area contributed by atoms with Gasteiger partial charge in [0.25, 0.3) is 0 Å². The summed E-state index contributed by atoms with van der Waals surface area (Å²) in [5.41, 5.74) is 0. The molecule has 1 N–H and O–H groups in total. The molecule has 0 fully saturated rings.